The van der Waals surface area contributed by atoms with Gasteiger partial charge in [-0.25, -0.2) is 4.98 Å². The molecule has 5 heteroatoms. The molecule has 28 heavy (non-hydrogen) atoms. The van der Waals surface area contributed by atoms with E-state index in [0.29, 0.717) is 16.5 Å². The molecule has 0 unspecified atom stereocenters. The highest BCUT2D eigenvalue weighted by atomic mass is 35.5. The monoisotopic (exact) mass is 392 g/mol. The Morgan fingerprint density at radius 3 is 2.39 bits per heavy atom. The molecule has 0 spiro atoms. The molecular formula is C23H21ClN2O2. The van der Waals surface area contributed by atoms with Crippen LogP contribution in [0.1, 0.15) is 16.8 Å². The van der Waals surface area contributed by atoms with Gasteiger partial charge in [0, 0.05) is 18.2 Å². The molecule has 0 fully saturated rings. The average Bonchev–Trinajstić information content (AvgIpc) is 3.06. The van der Waals surface area contributed by atoms with Crippen molar-refractivity contribution in [2.24, 2.45) is 0 Å². The summed E-state index contributed by atoms with van der Waals surface area (Å²) in [6.45, 7) is 2.09. The van der Waals surface area contributed by atoms with Crippen LogP contribution in [0, 0.1) is 6.92 Å². The van der Waals surface area contributed by atoms with Crippen molar-refractivity contribution in [3.05, 3.63) is 82.6 Å². The van der Waals surface area contributed by atoms with Gasteiger partial charge in [0.25, 0.3) is 0 Å². The van der Waals surface area contributed by atoms with Crippen LogP contribution in [0.15, 0.2) is 60.8 Å². The molecular weight excluding hydrogens is 372 g/mol. The molecule has 2 aromatic heterocycles. The van der Waals surface area contributed by atoms with Crippen LogP contribution in [0.25, 0.3) is 16.9 Å². The largest absolute Gasteiger partial charge is 0.493 e. The summed E-state index contributed by atoms with van der Waals surface area (Å²) in [5.74, 6) is 1.37. The molecule has 0 N–H and O–H groups in total. The van der Waals surface area contributed by atoms with Crippen molar-refractivity contribution in [1.82, 2.24) is 9.38 Å². The highest BCUT2D eigenvalue weighted by Gasteiger charge is 2.17. The number of hydrogen-bond acceptors (Lipinski definition) is 3. The highest BCUT2D eigenvalue weighted by Crippen LogP contribution is 2.34. The lowest BCUT2D eigenvalue weighted by molar-refractivity contribution is 0.355. The molecule has 4 rings (SSSR count). The van der Waals surface area contributed by atoms with Gasteiger partial charge < -0.3 is 13.9 Å². The highest BCUT2D eigenvalue weighted by molar-refractivity contribution is 6.30. The first-order valence-electron chi connectivity index (χ1n) is 9.03. The zero-order valence-corrected chi connectivity index (χ0v) is 16.8. The zero-order chi connectivity index (χ0) is 19.7. The number of pyridine rings is 1. The van der Waals surface area contributed by atoms with Crippen LogP contribution < -0.4 is 9.47 Å². The lowest BCUT2D eigenvalue weighted by Crippen LogP contribution is -1.97. The molecule has 2 heterocycles. The van der Waals surface area contributed by atoms with E-state index in [4.69, 9.17) is 26.1 Å². The normalized spacial score (nSPS) is 11.0. The number of methoxy groups -OCH3 is 2. The molecule has 0 bridgehead atoms. The van der Waals surface area contributed by atoms with E-state index < -0.39 is 0 Å². The van der Waals surface area contributed by atoms with Gasteiger partial charge in [-0.05, 0) is 42.8 Å². The fraction of sp³-hybridized carbons (Fsp3) is 0.174. The van der Waals surface area contributed by atoms with Crippen molar-refractivity contribution in [2.75, 3.05) is 14.2 Å². The third kappa shape index (κ3) is 3.43. The Labute approximate surface area is 169 Å². The van der Waals surface area contributed by atoms with Crippen molar-refractivity contribution in [2.45, 2.75) is 13.3 Å². The molecule has 0 aliphatic rings. The average molecular weight is 393 g/mol. The van der Waals surface area contributed by atoms with Crippen molar-refractivity contribution in [1.29, 1.82) is 0 Å². The quantitative estimate of drug-likeness (QED) is 0.445. The Balaban J connectivity index is 1.89. The van der Waals surface area contributed by atoms with Crippen LogP contribution >= 0.6 is 11.6 Å². The second kappa shape index (κ2) is 7.56. The molecule has 4 aromatic rings. The summed E-state index contributed by atoms with van der Waals surface area (Å²) in [5, 5.41) is 0.675. The molecule has 4 nitrogen and oxygen atoms in total. The number of nitrogens with zero attached hydrogens (tertiary/aromatic N) is 2. The van der Waals surface area contributed by atoms with Crippen LogP contribution in [-0.2, 0) is 6.42 Å². The lowest BCUT2D eigenvalue weighted by atomic mass is 10.0. The molecule has 0 amide bonds. The maximum absolute atomic E-state index is 6.27. The first-order valence-corrected chi connectivity index (χ1v) is 9.41. The van der Waals surface area contributed by atoms with Gasteiger partial charge in [-0.15, -0.1) is 0 Å². The van der Waals surface area contributed by atoms with Crippen molar-refractivity contribution in [3.8, 4) is 22.8 Å². The van der Waals surface area contributed by atoms with Crippen LogP contribution in [0.5, 0.6) is 11.5 Å². The van der Waals surface area contributed by atoms with E-state index in [1.807, 2.05) is 36.5 Å². The summed E-state index contributed by atoms with van der Waals surface area (Å²) in [7, 11) is 3.27. The first kappa shape index (κ1) is 18.4. The summed E-state index contributed by atoms with van der Waals surface area (Å²) in [4.78, 5) is 4.88. The van der Waals surface area contributed by atoms with Crippen LogP contribution in [0.4, 0.5) is 0 Å². The van der Waals surface area contributed by atoms with E-state index in [1.54, 1.807) is 14.2 Å². The van der Waals surface area contributed by atoms with E-state index in [-0.39, 0.29) is 0 Å². The number of hydrogen-bond donors (Lipinski definition) is 0. The molecule has 142 valence electrons. The summed E-state index contributed by atoms with van der Waals surface area (Å²) in [6.07, 6.45) is 2.66. The summed E-state index contributed by atoms with van der Waals surface area (Å²) >= 11 is 6.27. The summed E-state index contributed by atoms with van der Waals surface area (Å²) < 4.78 is 12.9. The van der Waals surface area contributed by atoms with Gasteiger partial charge in [0.1, 0.15) is 5.65 Å². The molecule has 0 radical (unpaired) electrons. The Bertz CT molecular complexity index is 1130. The van der Waals surface area contributed by atoms with E-state index in [1.165, 1.54) is 11.1 Å². The Kier molecular flexibility index (Phi) is 4.97. The van der Waals surface area contributed by atoms with Gasteiger partial charge >= 0.3 is 0 Å². The number of fused-ring (bicyclic) bond motifs is 1. The smallest absolute Gasteiger partial charge is 0.161 e. The number of aromatic nitrogens is 2. The van der Waals surface area contributed by atoms with Gasteiger partial charge in [0.05, 0.1) is 30.6 Å². The molecule has 2 aromatic carbocycles. The number of ether oxygens (including phenoxy) is 2. The first-order chi connectivity index (χ1) is 13.6. The van der Waals surface area contributed by atoms with E-state index in [0.717, 1.165) is 29.0 Å². The zero-order valence-electron chi connectivity index (χ0n) is 16.1. The van der Waals surface area contributed by atoms with Crippen molar-refractivity contribution in [3.63, 3.8) is 0 Å². The van der Waals surface area contributed by atoms with Gasteiger partial charge in [-0.2, -0.15) is 0 Å². The van der Waals surface area contributed by atoms with Gasteiger partial charge in [-0.1, -0.05) is 41.4 Å². The Morgan fingerprint density at radius 2 is 1.68 bits per heavy atom. The molecule has 0 aliphatic carbocycles. The number of imidazole rings is 1. The number of aryl methyl sites for hydroxylation is 1. The summed E-state index contributed by atoms with van der Waals surface area (Å²) in [6, 6.07) is 18.2. The van der Waals surface area contributed by atoms with Crippen LogP contribution in [0.2, 0.25) is 5.02 Å². The summed E-state index contributed by atoms with van der Waals surface area (Å²) in [5.41, 5.74) is 6.27. The third-order valence-electron chi connectivity index (χ3n) is 4.83. The van der Waals surface area contributed by atoms with E-state index in [9.17, 15) is 0 Å². The Morgan fingerprint density at radius 1 is 0.929 bits per heavy atom. The minimum atomic E-state index is 0.675. The predicted molar refractivity (Wildman–Crippen MR) is 113 cm³/mol. The van der Waals surface area contributed by atoms with E-state index >= 15 is 0 Å². The maximum Gasteiger partial charge on any atom is 0.161 e. The Hall–Kier alpha value is -2.98. The fourth-order valence-electron chi connectivity index (χ4n) is 3.35. The van der Waals surface area contributed by atoms with Gasteiger partial charge in [0.2, 0.25) is 0 Å². The number of benzene rings is 2. The minimum absolute atomic E-state index is 0.675. The SMILES string of the molecule is COc1ccc(-c2nc3ccc(Cl)cn3c2Cc2ccc(C)cc2)cc1OC. The predicted octanol–water partition coefficient (Wildman–Crippen LogP) is 5.57. The lowest BCUT2D eigenvalue weighted by Gasteiger charge is -2.10. The maximum atomic E-state index is 6.27. The second-order valence-electron chi connectivity index (χ2n) is 6.71. The van der Waals surface area contributed by atoms with Crippen molar-refractivity contribution >= 4 is 17.2 Å². The molecule has 0 saturated heterocycles. The third-order valence-corrected chi connectivity index (χ3v) is 5.05. The molecule has 0 aliphatic heterocycles. The standard InChI is InChI=1S/C23H21ClN2O2/c1-15-4-6-16(7-5-15)12-19-23(25-22-11-9-18(24)14-26(19)22)17-8-10-20(27-2)21(13-17)28-3/h4-11,13-14H,12H2,1-3H3. The molecule has 0 atom stereocenters. The van der Waals surface area contributed by atoms with Crippen molar-refractivity contribution < 1.29 is 9.47 Å². The van der Waals surface area contributed by atoms with Gasteiger partial charge in [0.15, 0.2) is 11.5 Å². The minimum Gasteiger partial charge on any atom is -0.493 e. The fourth-order valence-corrected chi connectivity index (χ4v) is 3.51. The van der Waals surface area contributed by atoms with E-state index in [2.05, 4.69) is 35.6 Å². The van der Waals surface area contributed by atoms with Gasteiger partial charge in [-0.3, -0.25) is 0 Å². The van der Waals surface area contributed by atoms with Crippen LogP contribution in [-0.4, -0.2) is 23.6 Å². The second-order valence-corrected chi connectivity index (χ2v) is 7.15. The number of rotatable bonds is 5. The number of halogens is 1. The molecule has 0 saturated carbocycles. The topological polar surface area (TPSA) is 35.8 Å². The van der Waals surface area contributed by atoms with Crippen LogP contribution in [0.3, 0.4) is 0 Å².